The molecule has 2 aromatic rings. The van der Waals surface area contributed by atoms with Crippen LogP contribution in [-0.4, -0.2) is 63.1 Å². The van der Waals surface area contributed by atoms with Crippen LogP contribution in [0.15, 0.2) is 42.5 Å². The molecule has 0 aromatic heterocycles. The van der Waals surface area contributed by atoms with Crippen LogP contribution in [0, 0.1) is 5.92 Å². The van der Waals surface area contributed by atoms with Crippen LogP contribution in [0.5, 0.6) is 11.5 Å². The third kappa shape index (κ3) is 5.15. The van der Waals surface area contributed by atoms with Crippen molar-refractivity contribution in [3.63, 3.8) is 0 Å². The first kappa shape index (κ1) is 25.0. The lowest BCUT2D eigenvalue weighted by Gasteiger charge is -2.52. The van der Waals surface area contributed by atoms with Crippen molar-refractivity contribution in [1.29, 1.82) is 0 Å². The number of rotatable bonds is 7. The highest BCUT2D eigenvalue weighted by Gasteiger charge is 2.48. The van der Waals surface area contributed by atoms with Crippen molar-refractivity contribution in [2.75, 3.05) is 41.4 Å². The summed E-state index contributed by atoms with van der Waals surface area (Å²) >= 11 is 0. The summed E-state index contributed by atoms with van der Waals surface area (Å²) in [5.41, 5.74) is 2.82. The maximum atomic E-state index is 13.4. The Hall–Kier alpha value is -3.06. The molecular formula is C28H36N2O5. The fourth-order valence-corrected chi connectivity index (χ4v) is 5.59. The van der Waals surface area contributed by atoms with Gasteiger partial charge in [0, 0.05) is 6.54 Å². The maximum absolute atomic E-state index is 13.4. The van der Waals surface area contributed by atoms with E-state index in [0.717, 1.165) is 17.5 Å². The zero-order valence-corrected chi connectivity index (χ0v) is 21.2. The summed E-state index contributed by atoms with van der Waals surface area (Å²) in [7, 11) is 7.10. The van der Waals surface area contributed by atoms with Crippen molar-refractivity contribution in [2.45, 2.75) is 44.2 Å². The Labute approximate surface area is 207 Å². The molecule has 1 aliphatic heterocycles. The van der Waals surface area contributed by atoms with E-state index in [1.165, 1.54) is 5.56 Å². The van der Waals surface area contributed by atoms with Crippen LogP contribution in [-0.2, 0) is 32.9 Å². The third-order valence-electron chi connectivity index (χ3n) is 7.35. The zero-order chi connectivity index (χ0) is 25.0. The van der Waals surface area contributed by atoms with Crippen molar-refractivity contribution in [1.82, 2.24) is 9.80 Å². The van der Waals surface area contributed by atoms with Gasteiger partial charge in [0.05, 0.1) is 32.2 Å². The summed E-state index contributed by atoms with van der Waals surface area (Å²) in [6.07, 6.45) is 3.53. The number of likely N-dealkylation sites (N-methyl/N-ethyl adjacent to an activating group) is 1. The molecule has 0 atom stereocenters. The number of methoxy groups -OCH3 is 2. The smallest absolute Gasteiger partial charge is 0.309 e. The fraction of sp³-hybridized carbons (Fsp3) is 0.500. The molecule has 0 saturated heterocycles. The Balaban J connectivity index is 1.58. The molecule has 0 radical (unpaired) electrons. The highest BCUT2D eigenvalue weighted by Crippen LogP contribution is 2.50. The molecule has 0 unspecified atom stereocenters. The number of esters is 1. The van der Waals surface area contributed by atoms with Gasteiger partial charge in [0.1, 0.15) is 6.61 Å². The Kier molecular flexibility index (Phi) is 7.65. The summed E-state index contributed by atoms with van der Waals surface area (Å²) in [5.74, 6) is 1.16. The monoisotopic (exact) mass is 480 g/mol. The topological polar surface area (TPSA) is 68.3 Å². The van der Waals surface area contributed by atoms with Crippen molar-refractivity contribution in [2.24, 2.45) is 5.92 Å². The van der Waals surface area contributed by atoms with Gasteiger partial charge in [-0.3, -0.25) is 9.59 Å². The molecule has 1 fully saturated rings. The number of fused-ring (bicyclic) bond motifs is 2. The predicted molar refractivity (Wildman–Crippen MR) is 133 cm³/mol. The molecule has 1 aliphatic carbocycles. The van der Waals surface area contributed by atoms with Gasteiger partial charge < -0.3 is 24.0 Å². The molecule has 1 saturated carbocycles. The lowest BCUT2D eigenvalue weighted by molar-refractivity contribution is -0.153. The number of benzene rings is 2. The van der Waals surface area contributed by atoms with Gasteiger partial charge in [-0.15, -0.1) is 0 Å². The second-order valence-corrected chi connectivity index (χ2v) is 9.80. The molecule has 7 heteroatoms. The molecule has 188 valence electrons. The number of hydrogen-bond acceptors (Lipinski definition) is 6. The van der Waals surface area contributed by atoms with E-state index in [1.807, 2.05) is 66.4 Å². The average Bonchev–Trinajstić information content (AvgIpc) is 2.87. The van der Waals surface area contributed by atoms with Crippen LogP contribution in [0.2, 0.25) is 0 Å². The normalized spacial score (nSPS) is 21.5. The van der Waals surface area contributed by atoms with E-state index in [-0.39, 0.29) is 24.4 Å². The zero-order valence-electron chi connectivity index (χ0n) is 21.2. The Morgan fingerprint density at radius 1 is 1.03 bits per heavy atom. The lowest BCUT2D eigenvalue weighted by atomic mass is 9.68. The molecular weight excluding hydrogens is 444 g/mol. The SMILES string of the molecule is COc1cc2c(cc1OC)[C@]1(CC[C@@H](C(=O)OCc3ccccc3)CC1)N(C(=O)CN(C)C)CC2. The summed E-state index contributed by atoms with van der Waals surface area (Å²) in [5, 5.41) is 0. The van der Waals surface area contributed by atoms with Crippen molar-refractivity contribution >= 4 is 11.9 Å². The number of ether oxygens (including phenoxy) is 3. The largest absolute Gasteiger partial charge is 0.493 e. The molecule has 7 nitrogen and oxygen atoms in total. The molecule has 4 rings (SSSR count). The molecule has 35 heavy (non-hydrogen) atoms. The number of carbonyl (C=O) groups excluding carboxylic acids is 2. The van der Waals surface area contributed by atoms with E-state index >= 15 is 0 Å². The van der Waals surface area contributed by atoms with Gasteiger partial charge in [-0.2, -0.15) is 0 Å². The molecule has 0 bridgehead atoms. The van der Waals surface area contributed by atoms with Gasteiger partial charge in [0.2, 0.25) is 5.91 Å². The van der Waals surface area contributed by atoms with Gasteiger partial charge in [0.25, 0.3) is 0 Å². The average molecular weight is 481 g/mol. The number of nitrogens with zero attached hydrogens (tertiary/aromatic N) is 2. The molecule has 2 aromatic carbocycles. The Bertz CT molecular complexity index is 1040. The lowest BCUT2D eigenvalue weighted by Crippen LogP contribution is -2.57. The quantitative estimate of drug-likeness (QED) is 0.562. The van der Waals surface area contributed by atoms with Crippen LogP contribution in [0.4, 0.5) is 0 Å². The first-order valence-electron chi connectivity index (χ1n) is 12.3. The Morgan fingerprint density at radius 3 is 2.31 bits per heavy atom. The summed E-state index contributed by atoms with van der Waals surface area (Å²) in [4.78, 5) is 30.2. The maximum Gasteiger partial charge on any atom is 0.309 e. The molecule has 1 heterocycles. The van der Waals surface area contributed by atoms with Crippen LogP contribution in [0.1, 0.15) is 42.4 Å². The minimum atomic E-state index is -0.462. The van der Waals surface area contributed by atoms with E-state index in [1.54, 1.807) is 14.2 Å². The highest BCUT2D eigenvalue weighted by molar-refractivity contribution is 5.80. The van der Waals surface area contributed by atoms with Gasteiger partial charge >= 0.3 is 5.97 Å². The summed E-state index contributed by atoms with van der Waals surface area (Å²) in [6.45, 7) is 1.29. The van der Waals surface area contributed by atoms with Crippen molar-refractivity contribution in [3.8, 4) is 11.5 Å². The van der Waals surface area contributed by atoms with E-state index in [0.29, 0.717) is 50.3 Å². The van der Waals surface area contributed by atoms with E-state index in [9.17, 15) is 9.59 Å². The Morgan fingerprint density at radius 2 is 1.69 bits per heavy atom. The van der Waals surface area contributed by atoms with Crippen molar-refractivity contribution in [3.05, 3.63) is 59.2 Å². The second-order valence-electron chi connectivity index (χ2n) is 9.80. The fourth-order valence-electron chi connectivity index (χ4n) is 5.59. The molecule has 2 aliphatic rings. The highest BCUT2D eigenvalue weighted by atomic mass is 16.5. The predicted octanol–water partition coefficient (Wildman–Crippen LogP) is 3.78. The van der Waals surface area contributed by atoms with Gasteiger partial charge in [-0.25, -0.2) is 0 Å². The number of amides is 1. The van der Waals surface area contributed by atoms with Gasteiger partial charge in [-0.05, 0) is 75.0 Å². The van der Waals surface area contributed by atoms with Gasteiger partial charge in [-0.1, -0.05) is 30.3 Å². The van der Waals surface area contributed by atoms with E-state index in [2.05, 4.69) is 0 Å². The third-order valence-corrected chi connectivity index (χ3v) is 7.35. The summed E-state index contributed by atoms with van der Waals surface area (Å²) < 4.78 is 16.8. The second kappa shape index (κ2) is 10.7. The first-order valence-corrected chi connectivity index (χ1v) is 12.3. The van der Waals surface area contributed by atoms with Crippen LogP contribution in [0.25, 0.3) is 0 Å². The van der Waals surface area contributed by atoms with Crippen LogP contribution < -0.4 is 9.47 Å². The van der Waals surface area contributed by atoms with E-state index in [4.69, 9.17) is 14.2 Å². The summed E-state index contributed by atoms with van der Waals surface area (Å²) in [6, 6.07) is 13.8. The van der Waals surface area contributed by atoms with Crippen LogP contribution >= 0.6 is 0 Å². The molecule has 1 spiro atoms. The molecule has 0 N–H and O–H groups in total. The molecule has 1 amide bonds. The van der Waals surface area contributed by atoms with Crippen molar-refractivity contribution < 1.29 is 23.8 Å². The number of hydrogen-bond donors (Lipinski definition) is 0. The minimum absolute atomic E-state index is 0.112. The number of carbonyl (C=O) groups is 2. The first-order chi connectivity index (χ1) is 16.9. The van der Waals surface area contributed by atoms with Gasteiger partial charge in [0.15, 0.2) is 11.5 Å². The minimum Gasteiger partial charge on any atom is -0.493 e. The van der Waals surface area contributed by atoms with E-state index < -0.39 is 5.54 Å². The standard InChI is InChI=1S/C28H36N2O5/c1-29(2)18-26(31)30-15-12-22-16-24(33-3)25(34-4)17-23(22)28(30)13-10-21(11-14-28)27(32)35-19-20-8-6-5-7-9-20/h5-9,16-17,21H,10-15,18-19H2,1-4H3/t21-,28-. The van der Waals surface area contributed by atoms with Crippen LogP contribution in [0.3, 0.4) is 0 Å².